The second kappa shape index (κ2) is 5.27. The Morgan fingerprint density at radius 1 is 1.20 bits per heavy atom. The summed E-state index contributed by atoms with van der Waals surface area (Å²) in [6.07, 6.45) is 6.04. The van der Waals surface area contributed by atoms with Gasteiger partial charge in [0, 0.05) is 12.6 Å². The highest BCUT2D eigenvalue weighted by molar-refractivity contribution is 6.52. The molecule has 0 atom stereocenters. The van der Waals surface area contributed by atoms with Crippen LogP contribution in [0.3, 0.4) is 0 Å². The summed E-state index contributed by atoms with van der Waals surface area (Å²) >= 11 is 0. The lowest BCUT2D eigenvalue weighted by Crippen LogP contribution is -2.35. The molecule has 1 aromatic carbocycles. The van der Waals surface area contributed by atoms with Gasteiger partial charge in [-0.25, -0.2) is 0 Å². The number of fused-ring (bicyclic) bond motifs is 1. The molecule has 0 radical (unpaired) electrons. The molecule has 1 aromatic rings. The highest BCUT2D eigenvalue weighted by atomic mass is 16.5. The van der Waals surface area contributed by atoms with Crippen molar-refractivity contribution >= 4 is 17.4 Å². The fourth-order valence-electron chi connectivity index (χ4n) is 3.21. The normalized spacial score (nSPS) is 19.4. The number of carbonyl (C=O) groups is 2. The molecule has 0 bridgehead atoms. The van der Waals surface area contributed by atoms with E-state index < -0.39 is 5.78 Å². The maximum absolute atomic E-state index is 12.2. The summed E-state index contributed by atoms with van der Waals surface area (Å²) in [7, 11) is 1.59. The van der Waals surface area contributed by atoms with Crippen LogP contribution < -0.4 is 9.64 Å². The molecule has 1 fully saturated rings. The van der Waals surface area contributed by atoms with Crippen molar-refractivity contribution in [2.45, 2.75) is 32.1 Å². The average Bonchev–Trinajstić information content (AvgIpc) is 2.73. The monoisotopic (exact) mass is 273 g/mol. The van der Waals surface area contributed by atoms with Gasteiger partial charge in [0.05, 0.1) is 18.4 Å². The Morgan fingerprint density at radius 2 is 1.95 bits per heavy atom. The van der Waals surface area contributed by atoms with Crippen LogP contribution in [0, 0.1) is 5.92 Å². The molecule has 0 spiro atoms. The average molecular weight is 273 g/mol. The van der Waals surface area contributed by atoms with E-state index in [2.05, 4.69) is 0 Å². The first-order valence-corrected chi connectivity index (χ1v) is 7.25. The topological polar surface area (TPSA) is 46.6 Å². The third-order valence-electron chi connectivity index (χ3n) is 4.35. The van der Waals surface area contributed by atoms with Crippen LogP contribution in [0.15, 0.2) is 18.2 Å². The summed E-state index contributed by atoms with van der Waals surface area (Å²) < 4.78 is 5.20. The molecule has 0 saturated heterocycles. The van der Waals surface area contributed by atoms with Gasteiger partial charge < -0.3 is 9.64 Å². The molecule has 1 aliphatic heterocycles. The number of ether oxygens (including phenoxy) is 1. The summed E-state index contributed by atoms with van der Waals surface area (Å²) in [4.78, 5) is 25.8. The summed E-state index contributed by atoms with van der Waals surface area (Å²) in [6, 6.07) is 5.21. The van der Waals surface area contributed by atoms with Crippen LogP contribution in [0.2, 0.25) is 0 Å². The Labute approximate surface area is 118 Å². The van der Waals surface area contributed by atoms with E-state index in [1.54, 1.807) is 30.2 Å². The molecule has 1 amide bonds. The van der Waals surface area contributed by atoms with Gasteiger partial charge in [0.15, 0.2) is 0 Å². The number of hydrogen-bond acceptors (Lipinski definition) is 3. The molecule has 1 aliphatic carbocycles. The Morgan fingerprint density at radius 3 is 2.65 bits per heavy atom. The first-order chi connectivity index (χ1) is 9.70. The minimum Gasteiger partial charge on any atom is -0.497 e. The summed E-state index contributed by atoms with van der Waals surface area (Å²) in [5.41, 5.74) is 1.22. The third kappa shape index (κ3) is 2.19. The van der Waals surface area contributed by atoms with Gasteiger partial charge in [0.1, 0.15) is 5.75 Å². The van der Waals surface area contributed by atoms with E-state index in [4.69, 9.17) is 4.74 Å². The Bertz CT molecular complexity index is 547. The summed E-state index contributed by atoms with van der Waals surface area (Å²) in [6.45, 7) is 0.657. The van der Waals surface area contributed by atoms with Gasteiger partial charge in [-0.2, -0.15) is 0 Å². The van der Waals surface area contributed by atoms with Gasteiger partial charge in [0.25, 0.3) is 11.7 Å². The van der Waals surface area contributed by atoms with Gasteiger partial charge in [-0.05, 0) is 30.9 Å². The number of amides is 1. The van der Waals surface area contributed by atoms with Gasteiger partial charge in [0.2, 0.25) is 0 Å². The maximum atomic E-state index is 12.2. The largest absolute Gasteiger partial charge is 0.497 e. The molecule has 20 heavy (non-hydrogen) atoms. The molecule has 2 aliphatic rings. The van der Waals surface area contributed by atoms with Crippen LogP contribution in [0.4, 0.5) is 5.69 Å². The van der Waals surface area contributed by atoms with E-state index in [0.717, 1.165) is 12.8 Å². The molecule has 0 unspecified atom stereocenters. The zero-order valence-corrected chi connectivity index (χ0v) is 11.7. The van der Waals surface area contributed by atoms with Gasteiger partial charge in [-0.1, -0.05) is 19.3 Å². The molecule has 0 aromatic heterocycles. The first-order valence-electron chi connectivity index (χ1n) is 7.25. The van der Waals surface area contributed by atoms with Crippen molar-refractivity contribution < 1.29 is 14.3 Å². The van der Waals surface area contributed by atoms with E-state index in [1.165, 1.54) is 19.3 Å². The van der Waals surface area contributed by atoms with Crippen LogP contribution in [-0.2, 0) is 4.79 Å². The number of nitrogens with zero attached hydrogens (tertiary/aromatic N) is 1. The van der Waals surface area contributed by atoms with Crippen molar-refractivity contribution in [2.24, 2.45) is 5.92 Å². The van der Waals surface area contributed by atoms with Crippen molar-refractivity contribution in [1.82, 2.24) is 0 Å². The molecule has 4 nitrogen and oxygen atoms in total. The lowest BCUT2D eigenvalue weighted by Gasteiger charge is -2.27. The molecule has 1 saturated carbocycles. The lowest BCUT2D eigenvalue weighted by molar-refractivity contribution is -0.114. The van der Waals surface area contributed by atoms with Crippen LogP contribution >= 0.6 is 0 Å². The number of carbonyl (C=O) groups excluding carboxylic acids is 2. The van der Waals surface area contributed by atoms with Gasteiger partial charge in [-0.3, -0.25) is 9.59 Å². The highest BCUT2D eigenvalue weighted by Gasteiger charge is 2.37. The van der Waals surface area contributed by atoms with E-state index >= 15 is 0 Å². The number of Topliss-reactive ketones (excluding diaryl/α,β-unsaturated/α-hetero) is 1. The van der Waals surface area contributed by atoms with E-state index in [9.17, 15) is 9.59 Å². The maximum Gasteiger partial charge on any atom is 0.299 e. The van der Waals surface area contributed by atoms with Crippen molar-refractivity contribution in [3.8, 4) is 5.75 Å². The number of anilines is 1. The number of methoxy groups -OCH3 is 1. The fraction of sp³-hybridized carbons (Fsp3) is 0.500. The Balaban J connectivity index is 1.88. The van der Waals surface area contributed by atoms with Crippen molar-refractivity contribution in [1.29, 1.82) is 0 Å². The molecule has 3 rings (SSSR count). The molecule has 0 N–H and O–H groups in total. The summed E-state index contributed by atoms with van der Waals surface area (Å²) in [5.74, 6) is 0.412. The number of benzene rings is 1. The fourth-order valence-corrected chi connectivity index (χ4v) is 3.21. The van der Waals surface area contributed by atoms with Gasteiger partial charge in [-0.15, -0.1) is 0 Å². The molecule has 106 valence electrons. The molecule has 4 heteroatoms. The highest BCUT2D eigenvalue weighted by Crippen LogP contribution is 2.35. The van der Waals surface area contributed by atoms with Crippen LogP contribution in [0.1, 0.15) is 42.5 Å². The Hall–Kier alpha value is -1.84. The zero-order chi connectivity index (χ0) is 14.1. The van der Waals surface area contributed by atoms with Crippen molar-refractivity contribution in [3.05, 3.63) is 23.8 Å². The van der Waals surface area contributed by atoms with E-state index in [-0.39, 0.29) is 5.91 Å². The minimum absolute atomic E-state index is 0.390. The standard InChI is InChI=1S/C16H19NO3/c1-20-12-7-8-13-14(9-12)17(16(19)15(13)18)10-11-5-3-2-4-6-11/h7-9,11H,2-6,10H2,1H3. The second-order valence-electron chi connectivity index (χ2n) is 5.63. The second-order valence-corrected chi connectivity index (χ2v) is 5.63. The number of ketones is 1. The van der Waals surface area contributed by atoms with Crippen LogP contribution in [-0.4, -0.2) is 25.3 Å². The van der Waals surface area contributed by atoms with E-state index in [0.29, 0.717) is 29.5 Å². The SMILES string of the molecule is COc1ccc2c(c1)N(CC1CCCCC1)C(=O)C2=O. The van der Waals surface area contributed by atoms with E-state index in [1.807, 2.05) is 0 Å². The molecular formula is C16H19NO3. The lowest BCUT2D eigenvalue weighted by atomic mass is 9.89. The quantitative estimate of drug-likeness (QED) is 0.796. The first kappa shape index (κ1) is 13.2. The molecule has 1 heterocycles. The van der Waals surface area contributed by atoms with Crippen LogP contribution in [0.25, 0.3) is 0 Å². The predicted molar refractivity (Wildman–Crippen MR) is 76.3 cm³/mol. The smallest absolute Gasteiger partial charge is 0.299 e. The zero-order valence-electron chi connectivity index (χ0n) is 11.7. The Kier molecular flexibility index (Phi) is 3.47. The summed E-state index contributed by atoms with van der Waals surface area (Å²) in [5, 5.41) is 0. The third-order valence-corrected chi connectivity index (χ3v) is 4.35. The predicted octanol–water partition coefficient (Wildman–Crippen LogP) is 2.80. The van der Waals surface area contributed by atoms with Gasteiger partial charge >= 0.3 is 0 Å². The number of rotatable bonds is 3. The minimum atomic E-state index is -0.390. The van der Waals surface area contributed by atoms with Crippen molar-refractivity contribution in [3.63, 3.8) is 0 Å². The molecular weight excluding hydrogens is 254 g/mol. The number of hydrogen-bond donors (Lipinski definition) is 0. The van der Waals surface area contributed by atoms with Crippen molar-refractivity contribution in [2.75, 3.05) is 18.6 Å². The van der Waals surface area contributed by atoms with Crippen LogP contribution in [0.5, 0.6) is 5.75 Å².